The standard InChI is InChI=1S/C8H14N2O2/c1-10-5-9-7-4-12-3-2-6(7)8(10)11/h6-7,9H,2-5H2,1H3. The quantitative estimate of drug-likeness (QED) is 0.528. The molecule has 0 aromatic heterocycles. The summed E-state index contributed by atoms with van der Waals surface area (Å²) >= 11 is 0. The van der Waals surface area contributed by atoms with Crippen molar-refractivity contribution in [2.45, 2.75) is 12.5 Å². The van der Waals surface area contributed by atoms with Crippen LogP contribution in [-0.2, 0) is 9.53 Å². The minimum absolute atomic E-state index is 0.150. The summed E-state index contributed by atoms with van der Waals surface area (Å²) in [7, 11) is 1.83. The molecule has 2 fully saturated rings. The van der Waals surface area contributed by atoms with Gasteiger partial charge in [0.2, 0.25) is 5.91 Å². The zero-order valence-electron chi connectivity index (χ0n) is 7.25. The lowest BCUT2D eigenvalue weighted by atomic mass is 9.92. The number of rotatable bonds is 0. The van der Waals surface area contributed by atoms with Gasteiger partial charge in [0, 0.05) is 19.7 Å². The number of fused-ring (bicyclic) bond motifs is 1. The molecular weight excluding hydrogens is 156 g/mol. The normalized spacial score (nSPS) is 36.4. The first-order chi connectivity index (χ1) is 5.79. The Hall–Kier alpha value is -0.610. The summed E-state index contributed by atoms with van der Waals surface area (Å²) < 4.78 is 5.29. The van der Waals surface area contributed by atoms with Crippen LogP contribution in [-0.4, -0.2) is 43.8 Å². The van der Waals surface area contributed by atoms with Crippen LogP contribution in [0.4, 0.5) is 0 Å². The second-order valence-corrected chi connectivity index (χ2v) is 3.48. The molecule has 2 unspecified atom stereocenters. The molecular formula is C8H14N2O2. The Morgan fingerprint density at radius 1 is 1.67 bits per heavy atom. The van der Waals surface area contributed by atoms with Crippen molar-refractivity contribution in [1.82, 2.24) is 10.2 Å². The van der Waals surface area contributed by atoms with E-state index in [4.69, 9.17) is 4.74 Å². The highest BCUT2D eigenvalue weighted by atomic mass is 16.5. The number of hydrogen-bond donors (Lipinski definition) is 1. The number of ether oxygens (including phenoxy) is 1. The van der Waals surface area contributed by atoms with Crippen LogP contribution in [0.5, 0.6) is 0 Å². The van der Waals surface area contributed by atoms with Gasteiger partial charge in [0.05, 0.1) is 19.2 Å². The topological polar surface area (TPSA) is 41.6 Å². The summed E-state index contributed by atoms with van der Waals surface area (Å²) in [6.07, 6.45) is 0.862. The van der Waals surface area contributed by atoms with E-state index in [0.717, 1.165) is 13.0 Å². The molecule has 2 heterocycles. The van der Waals surface area contributed by atoms with Gasteiger partial charge in [-0.15, -0.1) is 0 Å². The third kappa shape index (κ3) is 1.21. The molecule has 2 rings (SSSR count). The average molecular weight is 170 g/mol. The molecule has 1 amide bonds. The highest BCUT2D eigenvalue weighted by Crippen LogP contribution is 2.20. The number of hydrogen-bond acceptors (Lipinski definition) is 3. The average Bonchev–Trinajstić information content (AvgIpc) is 2.12. The third-order valence-electron chi connectivity index (χ3n) is 2.64. The molecule has 2 aliphatic heterocycles. The monoisotopic (exact) mass is 170 g/mol. The van der Waals surface area contributed by atoms with E-state index in [1.807, 2.05) is 7.05 Å². The molecule has 2 aliphatic rings. The van der Waals surface area contributed by atoms with Gasteiger partial charge in [-0.1, -0.05) is 0 Å². The Morgan fingerprint density at radius 3 is 3.33 bits per heavy atom. The molecule has 0 aliphatic carbocycles. The molecule has 0 aromatic rings. The van der Waals surface area contributed by atoms with Crippen molar-refractivity contribution in [3.05, 3.63) is 0 Å². The summed E-state index contributed by atoms with van der Waals surface area (Å²) in [6, 6.07) is 0.252. The van der Waals surface area contributed by atoms with Crippen LogP contribution in [0.3, 0.4) is 0 Å². The summed E-state index contributed by atoms with van der Waals surface area (Å²) in [5, 5.41) is 3.28. The Bertz CT molecular complexity index is 195. The molecule has 68 valence electrons. The maximum atomic E-state index is 11.6. The van der Waals surface area contributed by atoms with E-state index in [0.29, 0.717) is 13.3 Å². The zero-order chi connectivity index (χ0) is 8.55. The van der Waals surface area contributed by atoms with Crippen molar-refractivity contribution >= 4 is 5.91 Å². The van der Waals surface area contributed by atoms with Crippen molar-refractivity contribution in [2.75, 3.05) is 26.9 Å². The summed E-state index contributed by atoms with van der Waals surface area (Å²) in [5.41, 5.74) is 0. The van der Waals surface area contributed by atoms with Crippen LogP contribution >= 0.6 is 0 Å². The number of nitrogens with zero attached hydrogens (tertiary/aromatic N) is 1. The van der Waals surface area contributed by atoms with Crippen LogP contribution < -0.4 is 5.32 Å². The van der Waals surface area contributed by atoms with Crippen LogP contribution in [0, 0.1) is 5.92 Å². The number of carbonyl (C=O) groups excluding carboxylic acids is 1. The molecule has 0 spiro atoms. The van der Waals surface area contributed by atoms with Crippen molar-refractivity contribution in [3.63, 3.8) is 0 Å². The lowest BCUT2D eigenvalue weighted by Gasteiger charge is -2.39. The van der Waals surface area contributed by atoms with E-state index in [1.54, 1.807) is 4.90 Å². The predicted molar refractivity (Wildman–Crippen MR) is 43.5 cm³/mol. The van der Waals surface area contributed by atoms with Gasteiger partial charge in [-0.25, -0.2) is 0 Å². The van der Waals surface area contributed by atoms with Gasteiger partial charge in [-0.3, -0.25) is 10.1 Å². The molecule has 4 nitrogen and oxygen atoms in total. The van der Waals surface area contributed by atoms with Crippen LogP contribution in [0.2, 0.25) is 0 Å². The Labute approximate surface area is 71.9 Å². The van der Waals surface area contributed by atoms with E-state index in [-0.39, 0.29) is 17.9 Å². The zero-order valence-corrected chi connectivity index (χ0v) is 7.25. The molecule has 4 heteroatoms. The first-order valence-corrected chi connectivity index (χ1v) is 4.35. The molecule has 12 heavy (non-hydrogen) atoms. The molecule has 2 saturated heterocycles. The van der Waals surface area contributed by atoms with Gasteiger partial charge in [0.25, 0.3) is 0 Å². The molecule has 2 atom stereocenters. The van der Waals surface area contributed by atoms with E-state index in [1.165, 1.54) is 0 Å². The van der Waals surface area contributed by atoms with E-state index >= 15 is 0 Å². The smallest absolute Gasteiger partial charge is 0.228 e. The van der Waals surface area contributed by atoms with Gasteiger partial charge in [0.1, 0.15) is 0 Å². The van der Waals surface area contributed by atoms with Crippen LogP contribution in [0.25, 0.3) is 0 Å². The van der Waals surface area contributed by atoms with Gasteiger partial charge < -0.3 is 9.64 Å². The minimum Gasteiger partial charge on any atom is -0.380 e. The SMILES string of the molecule is CN1CNC2COCCC2C1=O. The lowest BCUT2D eigenvalue weighted by Crippen LogP contribution is -2.58. The van der Waals surface area contributed by atoms with Gasteiger partial charge >= 0.3 is 0 Å². The fraction of sp³-hybridized carbons (Fsp3) is 0.875. The van der Waals surface area contributed by atoms with Crippen LogP contribution in [0.15, 0.2) is 0 Å². The number of nitrogens with one attached hydrogen (secondary N) is 1. The Balaban J connectivity index is 2.08. The minimum atomic E-state index is 0.150. The molecule has 0 radical (unpaired) electrons. The second kappa shape index (κ2) is 3.03. The Morgan fingerprint density at radius 2 is 2.50 bits per heavy atom. The summed E-state index contributed by atoms with van der Waals surface area (Å²) in [4.78, 5) is 13.3. The fourth-order valence-electron chi connectivity index (χ4n) is 1.85. The van der Waals surface area contributed by atoms with E-state index < -0.39 is 0 Å². The maximum absolute atomic E-state index is 11.6. The van der Waals surface area contributed by atoms with Gasteiger partial charge in [-0.2, -0.15) is 0 Å². The number of carbonyl (C=O) groups is 1. The maximum Gasteiger partial charge on any atom is 0.228 e. The van der Waals surface area contributed by atoms with Gasteiger partial charge in [0.15, 0.2) is 0 Å². The largest absolute Gasteiger partial charge is 0.380 e. The van der Waals surface area contributed by atoms with Crippen molar-refractivity contribution in [2.24, 2.45) is 5.92 Å². The van der Waals surface area contributed by atoms with E-state index in [9.17, 15) is 4.79 Å². The summed E-state index contributed by atoms with van der Waals surface area (Å²) in [6.45, 7) is 2.07. The van der Waals surface area contributed by atoms with E-state index in [2.05, 4.69) is 5.32 Å². The first-order valence-electron chi connectivity index (χ1n) is 4.35. The molecule has 0 aromatic carbocycles. The van der Waals surface area contributed by atoms with Crippen molar-refractivity contribution < 1.29 is 9.53 Å². The molecule has 0 saturated carbocycles. The van der Waals surface area contributed by atoms with Crippen LogP contribution in [0.1, 0.15) is 6.42 Å². The number of amides is 1. The third-order valence-corrected chi connectivity index (χ3v) is 2.64. The highest BCUT2D eigenvalue weighted by molar-refractivity contribution is 5.80. The predicted octanol–water partition coefficient (Wildman–Crippen LogP) is -0.589. The molecule has 0 bridgehead atoms. The lowest BCUT2D eigenvalue weighted by molar-refractivity contribution is -0.143. The summed E-state index contributed by atoms with van der Waals surface area (Å²) in [5.74, 6) is 0.416. The second-order valence-electron chi connectivity index (χ2n) is 3.48. The van der Waals surface area contributed by atoms with Crippen molar-refractivity contribution in [3.8, 4) is 0 Å². The fourth-order valence-corrected chi connectivity index (χ4v) is 1.85. The Kier molecular flexibility index (Phi) is 2.02. The first kappa shape index (κ1) is 8.01. The van der Waals surface area contributed by atoms with Crippen molar-refractivity contribution in [1.29, 1.82) is 0 Å². The van der Waals surface area contributed by atoms with Gasteiger partial charge in [-0.05, 0) is 6.42 Å². The highest BCUT2D eigenvalue weighted by Gasteiger charge is 2.36. The molecule has 1 N–H and O–H groups in total.